The molecule has 0 aliphatic rings. The van der Waals surface area contributed by atoms with Crippen molar-refractivity contribution >= 4 is 5.97 Å². The highest BCUT2D eigenvalue weighted by atomic mass is 16.4. The van der Waals surface area contributed by atoms with Crippen molar-refractivity contribution in [2.45, 2.75) is 19.4 Å². The molecule has 2 heterocycles. The van der Waals surface area contributed by atoms with Gasteiger partial charge in [0.15, 0.2) is 0 Å². The van der Waals surface area contributed by atoms with Gasteiger partial charge in [-0.25, -0.2) is 4.79 Å². The molecule has 4 nitrogen and oxygen atoms in total. The molecule has 0 amide bonds. The fraction of sp³-hybridized carbons (Fsp3) is 0.231. The summed E-state index contributed by atoms with van der Waals surface area (Å²) in [6, 6.07) is 7.34. The van der Waals surface area contributed by atoms with Crippen LogP contribution in [0.1, 0.15) is 22.5 Å². The van der Waals surface area contributed by atoms with E-state index in [-0.39, 0.29) is 0 Å². The molecule has 0 aliphatic carbocycles. The zero-order valence-corrected chi connectivity index (χ0v) is 9.41. The van der Waals surface area contributed by atoms with E-state index in [9.17, 15) is 4.79 Å². The van der Waals surface area contributed by atoms with Gasteiger partial charge in [-0.3, -0.25) is 4.98 Å². The second-order valence-electron chi connectivity index (χ2n) is 3.85. The summed E-state index contributed by atoms with van der Waals surface area (Å²) < 4.78 is 1.77. The summed E-state index contributed by atoms with van der Waals surface area (Å²) in [5.41, 5.74) is 1.57. The summed E-state index contributed by atoms with van der Waals surface area (Å²) in [5.74, 6) is -0.876. The van der Waals surface area contributed by atoms with E-state index in [1.165, 1.54) is 5.56 Å². The van der Waals surface area contributed by atoms with Crippen molar-refractivity contribution in [2.75, 3.05) is 0 Å². The fourth-order valence-corrected chi connectivity index (χ4v) is 1.81. The SMILES string of the molecule is O=C(O)c1cccn1CCCc1ccncc1. The van der Waals surface area contributed by atoms with Gasteiger partial charge in [-0.05, 0) is 42.7 Å². The summed E-state index contributed by atoms with van der Waals surface area (Å²) in [6.07, 6.45) is 7.19. The van der Waals surface area contributed by atoms with Crippen LogP contribution in [0.3, 0.4) is 0 Å². The van der Waals surface area contributed by atoms with Gasteiger partial charge in [-0.2, -0.15) is 0 Å². The smallest absolute Gasteiger partial charge is 0.352 e. The molecule has 0 saturated carbocycles. The first kappa shape index (κ1) is 11.4. The van der Waals surface area contributed by atoms with Crippen molar-refractivity contribution in [3.05, 3.63) is 54.1 Å². The molecule has 17 heavy (non-hydrogen) atoms. The Labute approximate surface area is 99.5 Å². The van der Waals surface area contributed by atoms with E-state index in [1.54, 1.807) is 35.3 Å². The van der Waals surface area contributed by atoms with Gasteiger partial charge in [-0.1, -0.05) is 0 Å². The van der Waals surface area contributed by atoms with Gasteiger partial charge in [0, 0.05) is 25.1 Å². The number of aromatic nitrogens is 2. The fourth-order valence-electron chi connectivity index (χ4n) is 1.81. The van der Waals surface area contributed by atoms with E-state index in [1.807, 2.05) is 12.1 Å². The molecular weight excluding hydrogens is 216 g/mol. The Kier molecular flexibility index (Phi) is 3.55. The van der Waals surface area contributed by atoms with E-state index >= 15 is 0 Å². The molecule has 0 fully saturated rings. The molecule has 0 bridgehead atoms. The van der Waals surface area contributed by atoms with Crippen LogP contribution in [0.2, 0.25) is 0 Å². The van der Waals surface area contributed by atoms with Crippen LogP contribution in [0.4, 0.5) is 0 Å². The number of carboxylic acids is 1. The molecule has 1 N–H and O–H groups in total. The predicted octanol–water partition coefficient (Wildman–Crippen LogP) is 2.21. The van der Waals surface area contributed by atoms with Gasteiger partial charge >= 0.3 is 5.97 Å². The van der Waals surface area contributed by atoms with Crippen LogP contribution in [0.25, 0.3) is 0 Å². The lowest BCUT2D eigenvalue weighted by Crippen LogP contribution is -2.08. The highest BCUT2D eigenvalue weighted by Crippen LogP contribution is 2.06. The van der Waals surface area contributed by atoms with Crippen molar-refractivity contribution in [2.24, 2.45) is 0 Å². The summed E-state index contributed by atoms with van der Waals surface area (Å²) in [7, 11) is 0. The molecule has 0 radical (unpaired) electrons. The molecule has 0 aliphatic heterocycles. The van der Waals surface area contributed by atoms with Crippen LogP contribution >= 0.6 is 0 Å². The predicted molar refractivity (Wildman–Crippen MR) is 63.9 cm³/mol. The number of carbonyl (C=O) groups is 1. The maximum atomic E-state index is 10.9. The Morgan fingerprint density at radius 2 is 2.06 bits per heavy atom. The number of hydrogen-bond acceptors (Lipinski definition) is 2. The number of nitrogens with zero attached hydrogens (tertiary/aromatic N) is 2. The van der Waals surface area contributed by atoms with Crippen LogP contribution in [0.5, 0.6) is 0 Å². The van der Waals surface area contributed by atoms with Gasteiger partial charge in [0.25, 0.3) is 0 Å². The Morgan fingerprint density at radius 1 is 1.29 bits per heavy atom. The average Bonchev–Trinajstić information content (AvgIpc) is 2.79. The Hall–Kier alpha value is -2.10. The maximum absolute atomic E-state index is 10.9. The van der Waals surface area contributed by atoms with Crippen LogP contribution in [0.15, 0.2) is 42.9 Å². The molecule has 0 atom stereocenters. The maximum Gasteiger partial charge on any atom is 0.352 e. The molecule has 2 rings (SSSR count). The molecule has 4 heteroatoms. The van der Waals surface area contributed by atoms with Crippen LogP contribution < -0.4 is 0 Å². The number of carboxylic acid groups (broad SMARTS) is 1. The first-order chi connectivity index (χ1) is 8.27. The van der Waals surface area contributed by atoms with Crippen molar-refractivity contribution in [1.29, 1.82) is 0 Å². The molecule has 88 valence electrons. The number of aryl methyl sites for hydroxylation is 2. The minimum Gasteiger partial charge on any atom is -0.477 e. The average molecular weight is 230 g/mol. The normalized spacial score (nSPS) is 10.4. The number of aromatic carboxylic acids is 1. The lowest BCUT2D eigenvalue weighted by molar-refractivity contribution is 0.0685. The van der Waals surface area contributed by atoms with Gasteiger partial charge in [-0.15, -0.1) is 0 Å². The quantitative estimate of drug-likeness (QED) is 0.856. The summed E-state index contributed by atoms with van der Waals surface area (Å²) >= 11 is 0. The van der Waals surface area contributed by atoms with Crippen molar-refractivity contribution in [1.82, 2.24) is 9.55 Å². The highest BCUT2D eigenvalue weighted by molar-refractivity contribution is 5.85. The monoisotopic (exact) mass is 230 g/mol. The number of pyridine rings is 1. The Morgan fingerprint density at radius 3 is 2.76 bits per heavy atom. The van der Waals surface area contributed by atoms with Crippen molar-refractivity contribution in [3.63, 3.8) is 0 Å². The van der Waals surface area contributed by atoms with Crippen LogP contribution in [-0.4, -0.2) is 20.6 Å². The first-order valence-corrected chi connectivity index (χ1v) is 5.55. The molecule has 2 aromatic heterocycles. The highest BCUT2D eigenvalue weighted by Gasteiger charge is 2.07. The second-order valence-corrected chi connectivity index (χ2v) is 3.85. The van der Waals surface area contributed by atoms with Crippen molar-refractivity contribution in [3.8, 4) is 0 Å². The van der Waals surface area contributed by atoms with E-state index in [4.69, 9.17) is 5.11 Å². The molecule has 2 aromatic rings. The first-order valence-electron chi connectivity index (χ1n) is 5.55. The lowest BCUT2D eigenvalue weighted by atomic mass is 10.1. The largest absolute Gasteiger partial charge is 0.477 e. The summed E-state index contributed by atoms with van der Waals surface area (Å²) in [6.45, 7) is 0.719. The number of hydrogen-bond donors (Lipinski definition) is 1. The minimum atomic E-state index is -0.876. The Balaban J connectivity index is 1.90. The lowest BCUT2D eigenvalue weighted by Gasteiger charge is -2.06. The van der Waals surface area contributed by atoms with E-state index in [0.717, 1.165) is 19.4 Å². The van der Waals surface area contributed by atoms with E-state index < -0.39 is 5.97 Å². The van der Waals surface area contributed by atoms with Crippen molar-refractivity contribution < 1.29 is 9.90 Å². The Bertz CT molecular complexity index is 491. The molecule has 0 spiro atoms. The van der Waals surface area contributed by atoms with Gasteiger partial charge in [0.1, 0.15) is 5.69 Å². The minimum absolute atomic E-state index is 0.347. The van der Waals surface area contributed by atoms with Crippen LogP contribution in [0, 0.1) is 0 Å². The molecule has 0 unspecified atom stereocenters. The van der Waals surface area contributed by atoms with Gasteiger partial charge in [0.05, 0.1) is 0 Å². The van der Waals surface area contributed by atoms with E-state index in [0.29, 0.717) is 5.69 Å². The van der Waals surface area contributed by atoms with Gasteiger partial charge in [0.2, 0.25) is 0 Å². The van der Waals surface area contributed by atoms with Crippen LogP contribution in [-0.2, 0) is 13.0 Å². The summed E-state index contributed by atoms with van der Waals surface area (Å²) in [5, 5.41) is 8.94. The molecule has 0 aromatic carbocycles. The number of rotatable bonds is 5. The molecular formula is C13H14N2O2. The topological polar surface area (TPSA) is 55.1 Å². The zero-order chi connectivity index (χ0) is 12.1. The standard InChI is InChI=1S/C13H14N2O2/c16-13(17)12-4-2-10-15(12)9-1-3-11-5-7-14-8-6-11/h2,4-8,10H,1,3,9H2,(H,16,17). The summed E-state index contributed by atoms with van der Waals surface area (Å²) in [4.78, 5) is 14.8. The zero-order valence-electron chi connectivity index (χ0n) is 9.41. The second kappa shape index (κ2) is 5.30. The molecule has 0 saturated heterocycles. The third-order valence-electron chi connectivity index (χ3n) is 2.66. The van der Waals surface area contributed by atoms with E-state index in [2.05, 4.69) is 4.98 Å². The third-order valence-corrected chi connectivity index (χ3v) is 2.66. The third kappa shape index (κ3) is 2.93. The van der Waals surface area contributed by atoms with Gasteiger partial charge < -0.3 is 9.67 Å².